The molecule has 0 spiro atoms. The molecule has 0 atom stereocenters. The standard InChI is InChI=1S/C28H33BrN2O2/c1-2-32-27-18-24(17-26(29)28(27)33-21-23-11-7-4-8-12-23)19-30-25-13-15-31(16-14-25)20-22-9-5-3-6-10-22/h3-12,17-18,25,30H,2,13-16,19-21H2,1H3. The van der Waals surface area contributed by atoms with Gasteiger partial charge in [0, 0.05) is 19.1 Å². The van der Waals surface area contributed by atoms with Crippen molar-refractivity contribution < 1.29 is 9.47 Å². The SMILES string of the molecule is CCOc1cc(CNC2CCN(Cc3ccccc3)CC2)cc(Br)c1OCc1ccccc1. The Morgan fingerprint density at radius 1 is 0.879 bits per heavy atom. The van der Waals surface area contributed by atoms with Crippen molar-refractivity contribution in [1.82, 2.24) is 10.2 Å². The van der Waals surface area contributed by atoms with Crippen LogP contribution in [0, 0.1) is 0 Å². The van der Waals surface area contributed by atoms with Crippen molar-refractivity contribution in [3.63, 3.8) is 0 Å². The van der Waals surface area contributed by atoms with E-state index in [0.717, 1.165) is 47.7 Å². The molecule has 0 unspecified atom stereocenters. The molecule has 5 heteroatoms. The zero-order valence-corrected chi connectivity index (χ0v) is 20.9. The van der Waals surface area contributed by atoms with Crippen LogP contribution in [-0.4, -0.2) is 30.6 Å². The van der Waals surface area contributed by atoms with Crippen LogP contribution in [0.2, 0.25) is 0 Å². The van der Waals surface area contributed by atoms with Gasteiger partial charge in [-0.25, -0.2) is 0 Å². The van der Waals surface area contributed by atoms with Crippen LogP contribution in [0.3, 0.4) is 0 Å². The summed E-state index contributed by atoms with van der Waals surface area (Å²) in [6.45, 7) is 7.25. The highest BCUT2D eigenvalue weighted by molar-refractivity contribution is 9.10. The predicted octanol–water partition coefficient (Wildman–Crippen LogP) is 6.18. The van der Waals surface area contributed by atoms with Gasteiger partial charge in [-0.05, 0) is 77.6 Å². The lowest BCUT2D eigenvalue weighted by Gasteiger charge is -2.32. The molecule has 1 fully saturated rings. The van der Waals surface area contributed by atoms with E-state index in [0.29, 0.717) is 19.3 Å². The fourth-order valence-electron chi connectivity index (χ4n) is 4.26. The van der Waals surface area contributed by atoms with Crippen LogP contribution in [0.5, 0.6) is 11.5 Å². The summed E-state index contributed by atoms with van der Waals surface area (Å²) in [6.07, 6.45) is 2.34. The van der Waals surface area contributed by atoms with E-state index < -0.39 is 0 Å². The second kappa shape index (κ2) is 12.2. The Morgan fingerprint density at radius 3 is 2.21 bits per heavy atom. The van der Waals surface area contributed by atoms with Gasteiger partial charge < -0.3 is 14.8 Å². The summed E-state index contributed by atoms with van der Waals surface area (Å²) >= 11 is 3.71. The largest absolute Gasteiger partial charge is 0.490 e. The van der Waals surface area contributed by atoms with Gasteiger partial charge in [-0.2, -0.15) is 0 Å². The number of halogens is 1. The van der Waals surface area contributed by atoms with Crippen molar-refractivity contribution in [2.45, 2.75) is 45.5 Å². The van der Waals surface area contributed by atoms with Gasteiger partial charge in [0.25, 0.3) is 0 Å². The van der Waals surface area contributed by atoms with Gasteiger partial charge in [0.05, 0.1) is 11.1 Å². The molecule has 1 aliphatic rings. The predicted molar refractivity (Wildman–Crippen MR) is 138 cm³/mol. The van der Waals surface area contributed by atoms with Crippen LogP contribution in [0.25, 0.3) is 0 Å². The fraction of sp³-hybridized carbons (Fsp3) is 0.357. The molecule has 0 radical (unpaired) electrons. The number of rotatable bonds is 10. The molecule has 1 heterocycles. The molecular weight excluding hydrogens is 476 g/mol. The first-order chi connectivity index (χ1) is 16.2. The van der Waals surface area contributed by atoms with Crippen LogP contribution < -0.4 is 14.8 Å². The fourth-order valence-corrected chi connectivity index (χ4v) is 4.86. The minimum atomic E-state index is 0.513. The van der Waals surface area contributed by atoms with E-state index in [1.165, 1.54) is 24.0 Å². The van der Waals surface area contributed by atoms with Gasteiger partial charge >= 0.3 is 0 Å². The molecule has 174 valence electrons. The second-order valence-electron chi connectivity index (χ2n) is 8.53. The van der Waals surface area contributed by atoms with Gasteiger partial charge in [0.15, 0.2) is 11.5 Å². The minimum absolute atomic E-state index is 0.513. The molecule has 4 nitrogen and oxygen atoms in total. The summed E-state index contributed by atoms with van der Waals surface area (Å²) < 4.78 is 13.0. The first kappa shape index (κ1) is 23.8. The van der Waals surface area contributed by atoms with Crippen molar-refractivity contribution in [3.05, 3.63) is 94.0 Å². The lowest BCUT2D eigenvalue weighted by atomic mass is 10.0. The quantitative estimate of drug-likeness (QED) is 0.354. The molecule has 0 bridgehead atoms. The number of piperidine rings is 1. The zero-order valence-electron chi connectivity index (χ0n) is 19.3. The van der Waals surface area contributed by atoms with Crippen molar-refractivity contribution in [2.24, 2.45) is 0 Å². The smallest absolute Gasteiger partial charge is 0.175 e. The van der Waals surface area contributed by atoms with E-state index in [-0.39, 0.29) is 0 Å². The average Bonchev–Trinajstić information content (AvgIpc) is 2.85. The Labute approximate surface area is 206 Å². The van der Waals surface area contributed by atoms with E-state index in [4.69, 9.17) is 9.47 Å². The van der Waals surface area contributed by atoms with Crippen LogP contribution in [-0.2, 0) is 19.7 Å². The van der Waals surface area contributed by atoms with Crippen molar-refractivity contribution in [3.8, 4) is 11.5 Å². The molecular formula is C28H33BrN2O2. The third-order valence-corrected chi connectivity index (χ3v) is 6.62. The average molecular weight is 509 g/mol. The Hall–Kier alpha value is -2.34. The molecule has 3 aromatic rings. The van der Waals surface area contributed by atoms with Crippen molar-refractivity contribution >= 4 is 15.9 Å². The molecule has 4 rings (SSSR count). The molecule has 0 saturated carbocycles. The highest BCUT2D eigenvalue weighted by Gasteiger charge is 2.19. The van der Waals surface area contributed by atoms with Gasteiger partial charge in [0.1, 0.15) is 6.61 Å². The van der Waals surface area contributed by atoms with E-state index in [9.17, 15) is 0 Å². The number of nitrogens with one attached hydrogen (secondary N) is 1. The third kappa shape index (κ3) is 7.07. The Balaban J connectivity index is 1.30. The Kier molecular flexibility index (Phi) is 8.81. The summed E-state index contributed by atoms with van der Waals surface area (Å²) in [7, 11) is 0. The number of hydrogen-bond acceptors (Lipinski definition) is 4. The molecule has 0 aromatic heterocycles. The van der Waals surface area contributed by atoms with E-state index in [1.807, 2.05) is 25.1 Å². The minimum Gasteiger partial charge on any atom is -0.490 e. The summed E-state index contributed by atoms with van der Waals surface area (Å²) in [4.78, 5) is 2.55. The molecule has 1 aliphatic heterocycles. The maximum atomic E-state index is 6.12. The number of ether oxygens (including phenoxy) is 2. The lowest BCUT2D eigenvalue weighted by Crippen LogP contribution is -2.41. The number of benzene rings is 3. The maximum Gasteiger partial charge on any atom is 0.175 e. The molecule has 0 amide bonds. The zero-order chi connectivity index (χ0) is 22.9. The molecule has 1 N–H and O–H groups in total. The van der Waals surface area contributed by atoms with Gasteiger partial charge in [-0.1, -0.05) is 60.7 Å². The van der Waals surface area contributed by atoms with Crippen LogP contribution >= 0.6 is 15.9 Å². The highest BCUT2D eigenvalue weighted by Crippen LogP contribution is 2.37. The van der Waals surface area contributed by atoms with Crippen LogP contribution in [0.15, 0.2) is 77.3 Å². The first-order valence-electron chi connectivity index (χ1n) is 11.8. The van der Waals surface area contributed by atoms with Crippen LogP contribution in [0.1, 0.15) is 36.5 Å². The normalized spacial score (nSPS) is 14.8. The third-order valence-electron chi connectivity index (χ3n) is 6.03. The summed E-state index contributed by atoms with van der Waals surface area (Å²) in [5, 5.41) is 3.75. The maximum absolute atomic E-state index is 6.12. The number of nitrogens with zero attached hydrogens (tertiary/aromatic N) is 1. The van der Waals surface area contributed by atoms with Gasteiger partial charge in [-0.3, -0.25) is 4.90 Å². The summed E-state index contributed by atoms with van der Waals surface area (Å²) in [5.41, 5.74) is 3.73. The summed E-state index contributed by atoms with van der Waals surface area (Å²) in [5.74, 6) is 1.55. The Morgan fingerprint density at radius 2 is 1.55 bits per heavy atom. The monoisotopic (exact) mass is 508 g/mol. The van der Waals surface area contributed by atoms with Crippen LogP contribution in [0.4, 0.5) is 0 Å². The first-order valence-corrected chi connectivity index (χ1v) is 12.6. The molecule has 3 aromatic carbocycles. The van der Waals surface area contributed by atoms with E-state index in [1.54, 1.807) is 0 Å². The number of hydrogen-bond donors (Lipinski definition) is 1. The summed E-state index contributed by atoms with van der Waals surface area (Å²) in [6, 6.07) is 25.7. The van der Waals surface area contributed by atoms with Gasteiger partial charge in [0.2, 0.25) is 0 Å². The molecule has 33 heavy (non-hydrogen) atoms. The topological polar surface area (TPSA) is 33.7 Å². The second-order valence-corrected chi connectivity index (χ2v) is 9.38. The van der Waals surface area contributed by atoms with E-state index >= 15 is 0 Å². The highest BCUT2D eigenvalue weighted by atomic mass is 79.9. The molecule has 0 aliphatic carbocycles. The lowest BCUT2D eigenvalue weighted by molar-refractivity contribution is 0.190. The Bertz CT molecular complexity index is 990. The van der Waals surface area contributed by atoms with Gasteiger partial charge in [-0.15, -0.1) is 0 Å². The van der Waals surface area contributed by atoms with E-state index in [2.05, 4.69) is 80.7 Å². The molecule has 1 saturated heterocycles. The number of likely N-dealkylation sites (tertiary alicyclic amines) is 1. The van der Waals surface area contributed by atoms with Crippen molar-refractivity contribution in [2.75, 3.05) is 19.7 Å². The van der Waals surface area contributed by atoms with Crippen molar-refractivity contribution in [1.29, 1.82) is 0 Å².